The fourth-order valence-electron chi connectivity index (χ4n) is 0.879. The molecule has 5 heteroatoms. The van der Waals surface area contributed by atoms with Gasteiger partial charge < -0.3 is 0 Å². The van der Waals surface area contributed by atoms with Gasteiger partial charge in [-0.2, -0.15) is 0 Å². The molecule has 0 fully saturated rings. The van der Waals surface area contributed by atoms with Gasteiger partial charge in [-0.05, 0) is 0 Å². The first-order valence-corrected chi connectivity index (χ1v) is 8.39. The van der Waals surface area contributed by atoms with Gasteiger partial charge in [-0.3, -0.25) is 0 Å². The van der Waals surface area contributed by atoms with E-state index in [1.54, 1.807) is 13.8 Å². The first-order chi connectivity index (χ1) is 7.20. The number of hydrogen-bond donors (Lipinski definition) is 0. The van der Waals surface area contributed by atoms with Crippen molar-refractivity contribution in [3.63, 3.8) is 0 Å². The molecule has 0 aromatic rings. The number of carbonyl (C=O) groups is 2. The van der Waals surface area contributed by atoms with Gasteiger partial charge in [0.25, 0.3) is 0 Å². The number of rotatable bonds is 8. The van der Waals surface area contributed by atoms with Gasteiger partial charge in [-0.1, -0.05) is 0 Å². The Hall–Kier alpha value is -0.270. The summed E-state index contributed by atoms with van der Waals surface area (Å²) in [4.78, 5) is 21.9. The van der Waals surface area contributed by atoms with E-state index in [2.05, 4.69) is 0 Å². The molecular formula is C10H18O4Te. The third-order valence-corrected chi connectivity index (χ3v) is 4.32. The topological polar surface area (TPSA) is 52.6 Å². The van der Waals surface area contributed by atoms with Crippen LogP contribution in [0.5, 0.6) is 0 Å². The average molecular weight is 330 g/mol. The van der Waals surface area contributed by atoms with E-state index < -0.39 is 0 Å². The molecule has 0 heterocycles. The van der Waals surface area contributed by atoms with Gasteiger partial charge in [-0.15, -0.1) is 0 Å². The average Bonchev–Trinajstić information content (AvgIpc) is 2.18. The van der Waals surface area contributed by atoms with E-state index in [-0.39, 0.29) is 32.9 Å². The molecular weight excluding hydrogens is 312 g/mol. The van der Waals surface area contributed by atoms with Crippen LogP contribution in [0.15, 0.2) is 0 Å². The van der Waals surface area contributed by atoms with Gasteiger partial charge >= 0.3 is 101 Å². The first-order valence-electron chi connectivity index (χ1n) is 5.09. The molecule has 0 spiro atoms. The Kier molecular flexibility index (Phi) is 10.1. The molecule has 4 nitrogen and oxygen atoms in total. The fraction of sp³-hybridized carbons (Fsp3) is 0.800. The summed E-state index contributed by atoms with van der Waals surface area (Å²) >= 11 is -0.235. The van der Waals surface area contributed by atoms with Crippen molar-refractivity contribution in [3.8, 4) is 0 Å². The van der Waals surface area contributed by atoms with Gasteiger partial charge in [0.1, 0.15) is 0 Å². The SMILES string of the molecule is CCOC(=O)CC[Te]CCC(=O)OCC. The van der Waals surface area contributed by atoms with Crippen molar-refractivity contribution >= 4 is 32.9 Å². The van der Waals surface area contributed by atoms with Gasteiger partial charge in [0.05, 0.1) is 0 Å². The third-order valence-electron chi connectivity index (χ3n) is 1.51. The molecule has 0 bridgehead atoms. The zero-order valence-electron chi connectivity index (χ0n) is 9.28. The Bertz CT molecular complexity index is 174. The second-order valence-corrected chi connectivity index (χ2v) is 6.22. The Labute approximate surface area is 101 Å². The van der Waals surface area contributed by atoms with Crippen molar-refractivity contribution in [3.05, 3.63) is 0 Å². The second-order valence-electron chi connectivity index (χ2n) is 2.72. The molecule has 0 unspecified atom stereocenters. The number of esters is 2. The molecule has 88 valence electrons. The maximum absolute atomic E-state index is 10.9. The molecule has 15 heavy (non-hydrogen) atoms. The van der Waals surface area contributed by atoms with E-state index in [0.29, 0.717) is 26.1 Å². The predicted octanol–water partition coefficient (Wildman–Crippen LogP) is 1.43. The summed E-state index contributed by atoms with van der Waals surface area (Å²) in [5.41, 5.74) is 0. The van der Waals surface area contributed by atoms with Crippen LogP contribution in [0.25, 0.3) is 0 Å². The molecule has 0 saturated carbocycles. The first kappa shape index (κ1) is 14.7. The number of carbonyl (C=O) groups excluding carboxylic acids is 2. The molecule has 0 aliphatic heterocycles. The summed E-state index contributed by atoms with van der Waals surface area (Å²) in [6, 6.07) is 0. The van der Waals surface area contributed by atoms with Crippen molar-refractivity contribution in [2.45, 2.75) is 35.6 Å². The molecule has 0 rings (SSSR count). The Balaban J connectivity index is 3.24. The molecule has 0 aliphatic rings. The van der Waals surface area contributed by atoms with Crippen LogP contribution >= 0.6 is 0 Å². The molecule has 0 aromatic carbocycles. The van der Waals surface area contributed by atoms with Crippen LogP contribution in [0, 0.1) is 0 Å². The summed E-state index contributed by atoms with van der Waals surface area (Å²) in [6.07, 6.45) is 0.998. The Morgan fingerprint density at radius 1 is 0.933 bits per heavy atom. The van der Waals surface area contributed by atoms with E-state index >= 15 is 0 Å². The van der Waals surface area contributed by atoms with Crippen LogP contribution in [-0.4, -0.2) is 46.1 Å². The van der Waals surface area contributed by atoms with Crippen molar-refractivity contribution in [1.82, 2.24) is 0 Å². The summed E-state index contributed by atoms with van der Waals surface area (Å²) in [6.45, 7) is 4.50. The van der Waals surface area contributed by atoms with Crippen molar-refractivity contribution in [1.29, 1.82) is 0 Å². The zero-order chi connectivity index (χ0) is 11.5. The van der Waals surface area contributed by atoms with Crippen LogP contribution in [0.2, 0.25) is 8.94 Å². The monoisotopic (exact) mass is 332 g/mol. The van der Waals surface area contributed by atoms with E-state index in [1.807, 2.05) is 0 Å². The molecule has 0 atom stereocenters. The fourth-order valence-corrected chi connectivity index (χ4v) is 3.24. The Morgan fingerprint density at radius 2 is 1.33 bits per heavy atom. The van der Waals surface area contributed by atoms with E-state index in [0.717, 1.165) is 8.94 Å². The van der Waals surface area contributed by atoms with Crippen molar-refractivity contribution in [2.75, 3.05) is 13.2 Å². The predicted molar refractivity (Wildman–Crippen MR) is 57.9 cm³/mol. The minimum absolute atomic E-state index is 0.126. The molecule has 0 radical (unpaired) electrons. The molecule has 0 saturated heterocycles. The Morgan fingerprint density at radius 3 is 1.67 bits per heavy atom. The quantitative estimate of drug-likeness (QED) is 0.384. The van der Waals surface area contributed by atoms with E-state index in [9.17, 15) is 9.59 Å². The van der Waals surface area contributed by atoms with Gasteiger partial charge in [0.2, 0.25) is 0 Å². The van der Waals surface area contributed by atoms with Crippen LogP contribution in [0.4, 0.5) is 0 Å². The summed E-state index contributed by atoms with van der Waals surface area (Å²) in [7, 11) is 0. The normalized spacial score (nSPS) is 9.73. The minimum atomic E-state index is -0.235. The number of hydrogen-bond acceptors (Lipinski definition) is 4. The van der Waals surface area contributed by atoms with Crippen LogP contribution in [-0.2, 0) is 19.1 Å². The zero-order valence-corrected chi connectivity index (χ0v) is 11.6. The van der Waals surface area contributed by atoms with Crippen molar-refractivity contribution in [2.24, 2.45) is 0 Å². The summed E-state index contributed by atoms with van der Waals surface area (Å²) < 4.78 is 11.4. The summed E-state index contributed by atoms with van der Waals surface area (Å²) in [5, 5.41) is 0. The third kappa shape index (κ3) is 10.0. The maximum atomic E-state index is 10.9. The second kappa shape index (κ2) is 10.3. The molecule has 0 aromatic heterocycles. The molecule has 0 amide bonds. The van der Waals surface area contributed by atoms with Gasteiger partial charge in [0, 0.05) is 0 Å². The van der Waals surface area contributed by atoms with Crippen LogP contribution in [0.1, 0.15) is 26.7 Å². The number of ether oxygens (including phenoxy) is 2. The van der Waals surface area contributed by atoms with Gasteiger partial charge in [-0.25, -0.2) is 0 Å². The van der Waals surface area contributed by atoms with E-state index in [4.69, 9.17) is 9.47 Å². The van der Waals surface area contributed by atoms with Gasteiger partial charge in [0.15, 0.2) is 0 Å². The van der Waals surface area contributed by atoms with Crippen molar-refractivity contribution < 1.29 is 19.1 Å². The molecule has 0 aliphatic carbocycles. The van der Waals surface area contributed by atoms with E-state index in [1.165, 1.54) is 0 Å². The molecule has 0 N–H and O–H groups in total. The standard InChI is InChI=1S/C10H18O4Te/c1-3-13-9(11)5-7-15-8-6-10(12)14-4-2/h3-8H2,1-2H3. The van der Waals surface area contributed by atoms with Crippen LogP contribution < -0.4 is 0 Å². The van der Waals surface area contributed by atoms with Crippen LogP contribution in [0.3, 0.4) is 0 Å². The summed E-state index contributed by atoms with van der Waals surface area (Å²) in [5.74, 6) is -0.252.